The number of benzene rings is 1. The zero-order valence-corrected chi connectivity index (χ0v) is 20.5. The molecule has 3 aromatic rings. The number of piperidine rings is 1. The third-order valence-corrected chi connectivity index (χ3v) is 7.61. The molecule has 1 aromatic carbocycles. The summed E-state index contributed by atoms with van der Waals surface area (Å²) in [6, 6.07) is 9.10. The number of hydrogen-bond acceptors (Lipinski definition) is 6. The molecule has 0 aliphatic carbocycles. The number of thiophene rings is 1. The Morgan fingerprint density at radius 2 is 2.14 bits per heavy atom. The van der Waals surface area contributed by atoms with Crippen LogP contribution in [-0.2, 0) is 4.79 Å². The monoisotopic (exact) mass is 496 g/mol. The summed E-state index contributed by atoms with van der Waals surface area (Å²) in [5.41, 5.74) is 0.306. The number of rotatable bonds is 8. The number of aliphatic carboxylic acids is 1. The van der Waals surface area contributed by atoms with E-state index in [4.69, 9.17) is 4.74 Å². The molecule has 2 N–H and O–H groups in total. The maximum atomic E-state index is 14.8. The molecule has 1 aliphatic heterocycles. The second kappa shape index (κ2) is 11.2. The van der Waals surface area contributed by atoms with Gasteiger partial charge in [0.25, 0.3) is 0 Å². The molecule has 0 bridgehead atoms. The highest BCUT2D eigenvalue weighted by atomic mass is 32.1. The van der Waals surface area contributed by atoms with Crippen molar-refractivity contribution in [2.45, 2.75) is 38.2 Å². The summed E-state index contributed by atoms with van der Waals surface area (Å²) in [6.45, 7) is 2.12. The minimum absolute atomic E-state index is 0.0296. The largest absolute Gasteiger partial charge is 0.497 e. The van der Waals surface area contributed by atoms with Gasteiger partial charge in [-0.3, -0.25) is 14.7 Å². The van der Waals surface area contributed by atoms with E-state index in [1.54, 1.807) is 29.5 Å². The topological polar surface area (TPSA) is 82.9 Å². The molecular weight excluding hydrogens is 467 g/mol. The Morgan fingerprint density at radius 1 is 1.34 bits per heavy atom. The van der Waals surface area contributed by atoms with E-state index in [2.05, 4.69) is 21.7 Å². The van der Waals surface area contributed by atoms with Crippen LogP contribution in [0.2, 0.25) is 0 Å². The lowest BCUT2D eigenvalue weighted by Crippen LogP contribution is -2.41. The number of methoxy groups -OCH3 is 1. The number of aliphatic hydroxyl groups is 1. The first kappa shape index (κ1) is 25.1. The van der Waals surface area contributed by atoms with E-state index in [0.29, 0.717) is 42.5 Å². The summed E-state index contributed by atoms with van der Waals surface area (Å²) < 4.78 is 20.0. The fourth-order valence-electron chi connectivity index (χ4n) is 4.83. The number of likely N-dealkylation sites (tertiary alicyclic amines) is 1. The summed E-state index contributed by atoms with van der Waals surface area (Å²) in [5.74, 6) is 5.48. The molecule has 8 heteroatoms. The molecule has 2 aromatic heterocycles. The lowest BCUT2D eigenvalue weighted by molar-refractivity contribution is -0.141. The lowest BCUT2D eigenvalue weighted by atomic mass is 9.71. The van der Waals surface area contributed by atoms with E-state index < -0.39 is 23.3 Å². The average Bonchev–Trinajstić information content (AvgIpc) is 3.36. The van der Waals surface area contributed by atoms with Crippen LogP contribution in [-0.4, -0.2) is 52.8 Å². The minimum Gasteiger partial charge on any atom is -0.497 e. The third kappa shape index (κ3) is 6.17. The minimum atomic E-state index is -1.08. The second-order valence-electron chi connectivity index (χ2n) is 9.08. The van der Waals surface area contributed by atoms with Crippen molar-refractivity contribution in [2.24, 2.45) is 5.41 Å². The smallest absolute Gasteiger partial charge is 0.303 e. The second-order valence-corrected chi connectivity index (χ2v) is 10.0. The van der Waals surface area contributed by atoms with E-state index in [-0.39, 0.29) is 18.4 Å². The molecule has 3 heterocycles. The number of pyridine rings is 1. The maximum absolute atomic E-state index is 14.8. The van der Waals surface area contributed by atoms with E-state index in [1.165, 1.54) is 7.11 Å². The highest BCUT2D eigenvalue weighted by Gasteiger charge is 2.37. The zero-order chi connectivity index (χ0) is 24.8. The van der Waals surface area contributed by atoms with Crippen LogP contribution < -0.4 is 4.74 Å². The number of carboxylic acid groups (broad SMARTS) is 1. The fourth-order valence-corrected chi connectivity index (χ4v) is 5.42. The Hall–Kier alpha value is -2.99. The number of aromatic nitrogens is 1. The standard InChI is InChI=1S/C27H29FN2O4S/c1-34-19-6-7-23-21(16-19)26(22(28)18-29-23)24(31)8-9-27(17-25(32)33)10-13-30(14-11-27)12-2-4-20-5-3-15-35-20/h3,5-7,15-16,18,24,31H,8-14,17H2,1H3,(H,32,33)/t24-/m0/s1. The van der Waals surface area contributed by atoms with Crippen LogP contribution in [0.3, 0.4) is 0 Å². The van der Waals surface area contributed by atoms with Gasteiger partial charge in [-0.25, -0.2) is 4.39 Å². The van der Waals surface area contributed by atoms with Gasteiger partial charge in [0.2, 0.25) is 0 Å². The molecule has 35 heavy (non-hydrogen) atoms. The lowest BCUT2D eigenvalue weighted by Gasteiger charge is -2.41. The highest BCUT2D eigenvalue weighted by molar-refractivity contribution is 7.10. The molecule has 1 aliphatic rings. The highest BCUT2D eigenvalue weighted by Crippen LogP contribution is 2.42. The Kier molecular flexibility index (Phi) is 8.01. The van der Waals surface area contributed by atoms with E-state index in [1.807, 2.05) is 17.5 Å². The SMILES string of the molecule is COc1ccc2ncc(F)c([C@@H](O)CCC3(CC(=O)O)CCN(CC#Cc4cccs4)CC3)c2c1. The van der Waals surface area contributed by atoms with Crippen LogP contribution in [0, 0.1) is 23.1 Å². The van der Waals surface area contributed by atoms with Crippen LogP contribution >= 0.6 is 11.3 Å². The molecule has 4 rings (SSSR count). The Bertz CT molecular complexity index is 1230. The van der Waals surface area contributed by atoms with Gasteiger partial charge in [-0.2, -0.15) is 0 Å². The van der Waals surface area contributed by atoms with Gasteiger partial charge in [-0.1, -0.05) is 17.9 Å². The predicted molar refractivity (Wildman–Crippen MR) is 134 cm³/mol. The van der Waals surface area contributed by atoms with Gasteiger partial charge >= 0.3 is 5.97 Å². The van der Waals surface area contributed by atoms with Gasteiger partial charge in [0, 0.05) is 10.9 Å². The number of ether oxygens (including phenoxy) is 1. The van der Waals surface area contributed by atoms with Crippen molar-refractivity contribution in [3.8, 4) is 17.6 Å². The van der Waals surface area contributed by atoms with Gasteiger partial charge in [0.05, 0.1) is 42.8 Å². The molecule has 1 fully saturated rings. The first-order valence-corrected chi connectivity index (χ1v) is 12.5. The van der Waals surface area contributed by atoms with Crippen LogP contribution in [0.4, 0.5) is 4.39 Å². The van der Waals surface area contributed by atoms with Crippen molar-refractivity contribution in [2.75, 3.05) is 26.7 Å². The molecule has 1 atom stereocenters. The van der Waals surface area contributed by atoms with Crippen molar-refractivity contribution in [3.05, 3.63) is 58.2 Å². The normalized spacial score (nSPS) is 16.4. The van der Waals surface area contributed by atoms with Crippen LogP contribution in [0.25, 0.3) is 10.9 Å². The predicted octanol–water partition coefficient (Wildman–Crippen LogP) is 4.87. The van der Waals surface area contributed by atoms with Crippen molar-refractivity contribution < 1.29 is 24.1 Å². The fraction of sp³-hybridized carbons (Fsp3) is 0.407. The molecule has 6 nitrogen and oxygen atoms in total. The number of hydrogen-bond donors (Lipinski definition) is 2. The quantitative estimate of drug-likeness (QED) is 0.433. The number of halogens is 1. The van der Waals surface area contributed by atoms with Gasteiger partial charge in [0.1, 0.15) is 11.6 Å². The van der Waals surface area contributed by atoms with Crippen molar-refractivity contribution in [3.63, 3.8) is 0 Å². The summed E-state index contributed by atoms with van der Waals surface area (Å²) in [7, 11) is 1.53. The summed E-state index contributed by atoms with van der Waals surface area (Å²) in [6.07, 6.45) is 2.21. The van der Waals surface area contributed by atoms with Crippen LogP contribution in [0.15, 0.2) is 41.9 Å². The van der Waals surface area contributed by atoms with Gasteiger partial charge < -0.3 is 14.9 Å². The van der Waals surface area contributed by atoms with Gasteiger partial charge in [-0.15, -0.1) is 11.3 Å². The average molecular weight is 497 g/mol. The summed E-state index contributed by atoms with van der Waals surface area (Å²) in [4.78, 5) is 19.1. The molecular formula is C27H29FN2O4S. The molecule has 0 radical (unpaired) electrons. The van der Waals surface area contributed by atoms with Crippen LogP contribution in [0.1, 0.15) is 48.6 Å². The first-order valence-electron chi connectivity index (χ1n) is 11.7. The van der Waals surface area contributed by atoms with E-state index in [0.717, 1.165) is 24.2 Å². The van der Waals surface area contributed by atoms with Crippen molar-refractivity contribution in [1.29, 1.82) is 0 Å². The summed E-state index contributed by atoms with van der Waals surface area (Å²) in [5, 5.41) is 23.1. The third-order valence-electron chi connectivity index (χ3n) is 6.83. The van der Waals surface area contributed by atoms with Crippen molar-refractivity contribution >= 4 is 28.2 Å². The van der Waals surface area contributed by atoms with E-state index in [9.17, 15) is 19.4 Å². The number of carboxylic acids is 1. The number of aliphatic hydroxyl groups excluding tert-OH is 1. The Balaban J connectivity index is 1.44. The van der Waals surface area contributed by atoms with Crippen molar-refractivity contribution in [1.82, 2.24) is 9.88 Å². The molecule has 0 amide bonds. The Morgan fingerprint density at radius 3 is 2.83 bits per heavy atom. The molecule has 184 valence electrons. The zero-order valence-electron chi connectivity index (χ0n) is 19.7. The molecule has 0 spiro atoms. The number of fused-ring (bicyclic) bond motifs is 1. The number of nitrogens with zero attached hydrogens (tertiary/aromatic N) is 2. The van der Waals surface area contributed by atoms with Gasteiger partial charge in [0.15, 0.2) is 0 Å². The maximum Gasteiger partial charge on any atom is 0.303 e. The molecule has 1 saturated heterocycles. The van der Waals surface area contributed by atoms with Crippen LogP contribution in [0.5, 0.6) is 5.75 Å². The van der Waals surface area contributed by atoms with Gasteiger partial charge in [-0.05, 0) is 73.8 Å². The molecule has 0 saturated carbocycles. The van der Waals surface area contributed by atoms with E-state index >= 15 is 0 Å². The Labute approximate surface area is 208 Å². The summed E-state index contributed by atoms with van der Waals surface area (Å²) >= 11 is 1.61. The first-order chi connectivity index (χ1) is 16.9. The number of carbonyl (C=O) groups is 1. The molecule has 0 unspecified atom stereocenters.